The van der Waals surface area contributed by atoms with E-state index in [4.69, 9.17) is 17.2 Å². The first-order valence-electron chi connectivity index (χ1n) is 6.56. The summed E-state index contributed by atoms with van der Waals surface area (Å²) in [5.74, 6) is 0.774. The molecule has 6 heteroatoms. The van der Waals surface area contributed by atoms with Crippen molar-refractivity contribution in [3.05, 3.63) is 53.5 Å². The predicted octanol–water partition coefficient (Wildman–Crippen LogP) is 4.64. The number of benzene rings is 1. The third kappa shape index (κ3) is 3.24. The fourth-order valence-corrected chi connectivity index (χ4v) is 3.78. The number of hydrogen-bond acceptors (Lipinski definition) is 5. The van der Waals surface area contributed by atoms with Crippen LogP contribution in [0.3, 0.4) is 0 Å². The normalized spacial score (nSPS) is 16.3. The van der Waals surface area contributed by atoms with Crippen LogP contribution < -0.4 is 5.32 Å². The van der Waals surface area contributed by atoms with Gasteiger partial charge >= 0.3 is 0 Å². The van der Waals surface area contributed by atoms with Gasteiger partial charge in [-0.2, -0.15) is 0 Å². The number of aromatic nitrogens is 1. The molecule has 2 heterocycles. The smallest absolute Gasteiger partial charge is 0.289 e. The van der Waals surface area contributed by atoms with Crippen molar-refractivity contribution >= 4 is 62.9 Å². The Morgan fingerprint density at radius 2 is 2.23 bits per heavy atom. The Kier molecular flexibility index (Phi) is 4.61. The van der Waals surface area contributed by atoms with Crippen LogP contribution >= 0.6 is 35.7 Å². The molecule has 1 aromatic carbocycles. The number of thioether (sulfide) groups is 2. The molecule has 0 radical (unpaired) electrons. The van der Waals surface area contributed by atoms with Crippen molar-refractivity contribution in [3.63, 3.8) is 0 Å². The topological polar surface area (TPSA) is 42.0 Å². The maximum atomic E-state index is 11.4. The summed E-state index contributed by atoms with van der Waals surface area (Å²) >= 11 is 7.91. The highest BCUT2D eigenvalue weighted by molar-refractivity contribution is 8.19. The van der Waals surface area contributed by atoms with Gasteiger partial charge in [0.15, 0.2) is 0 Å². The Labute approximate surface area is 142 Å². The molecule has 3 nitrogen and oxygen atoms in total. The van der Waals surface area contributed by atoms with Crippen molar-refractivity contribution in [1.29, 1.82) is 0 Å². The lowest BCUT2D eigenvalue weighted by atomic mass is 10.1. The lowest BCUT2D eigenvalue weighted by Gasteiger charge is -2.07. The zero-order valence-electron chi connectivity index (χ0n) is 11.5. The minimum Gasteiger partial charge on any atom is -0.307 e. The fourth-order valence-electron chi connectivity index (χ4n) is 2.03. The number of rotatable bonds is 4. The molecule has 1 N–H and O–H groups in total. The zero-order valence-corrected chi connectivity index (χ0v) is 14.0. The van der Waals surface area contributed by atoms with E-state index < -0.39 is 0 Å². The van der Waals surface area contributed by atoms with Crippen LogP contribution in [0.1, 0.15) is 5.56 Å². The van der Waals surface area contributed by atoms with Crippen molar-refractivity contribution in [2.75, 3.05) is 5.75 Å². The first-order chi connectivity index (χ1) is 10.7. The van der Waals surface area contributed by atoms with Crippen LogP contribution in [0, 0.1) is 0 Å². The average molecular weight is 344 g/mol. The second-order valence-corrected chi connectivity index (χ2v) is 6.96. The molecule has 3 rings (SSSR count). The molecule has 22 heavy (non-hydrogen) atoms. The molecule has 0 bridgehead atoms. The highest BCUT2D eigenvalue weighted by Gasteiger charge is 2.22. The lowest BCUT2D eigenvalue weighted by molar-refractivity contribution is 0.265. The Hall–Kier alpha value is -1.63. The molecule has 2 aromatic rings. The second-order valence-electron chi connectivity index (χ2n) is 4.53. The van der Waals surface area contributed by atoms with Gasteiger partial charge in [0, 0.05) is 16.7 Å². The number of pyridine rings is 1. The van der Waals surface area contributed by atoms with E-state index in [9.17, 15) is 4.79 Å². The molecule has 110 valence electrons. The van der Waals surface area contributed by atoms with Crippen molar-refractivity contribution in [1.82, 2.24) is 10.3 Å². The molecular formula is C16H12N2OS3. The number of carbonyl (C=O) groups excluding carboxylic acids is 1. The highest BCUT2D eigenvalue weighted by atomic mass is 32.2. The molecule has 1 aromatic heterocycles. The van der Waals surface area contributed by atoms with E-state index in [1.54, 1.807) is 11.8 Å². The number of amides is 1. The lowest BCUT2D eigenvalue weighted by Crippen LogP contribution is -2.15. The van der Waals surface area contributed by atoms with E-state index in [2.05, 4.69) is 18.0 Å². The van der Waals surface area contributed by atoms with Crippen LogP contribution in [0.15, 0.2) is 52.9 Å². The van der Waals surface area contributed by atoms with E-state index in [0.717, 1.165) is 43.9 Å². The third-order valence-corrected chi connectivity index (χ3v) is 5.27. The zero-order chi connectivity index (χ0) is 15.5. The number of hydrogen-bond donors (Lipinski definition) is 1. The van der Waals surface area contributed by atoms with Gasteiger partial charge in [0.25, 0.3) is 5.24 Å². The van der Waals surface area contributed by atoms with E-state index in [1.807, 2.05) is 36.4 Å². The monoisotopic (exact) mass is 344 g/mol. The molecule has 0 atom stereocenters. The molecule has 0 aliphatic carbocycles. The summed E-state index contributed by atoms with van der Waals surface area (Å²) in [5, 5.41) is 4.47. The molecule has 1 amide bonds. The minimum atomic E-state index is -0.134. The van der Waals surface area contributed by atoms with Crippen molar-refractivity contribution in [2.24, 2.45) is 0 Å². The number of nitrogens with zero attached hydrogens (tertiary/aromatic N) is 1. The van der Waals surface area contributed by atoms with E-state index in [0.29, 0.717) is 4.99 Å². The summed E-state index contributed by atoms with van der Waals surface area (Å²) in [6.07, 6.45) is 3.77. The molecule has 1 saturated heterocycles. The van der Waals surface area contributed by atoms with Gasteiger partial charge in [-0.25, -0.2) is 4.98 Å². The predicted molar refractivity (Wildman–Crippen MR) is 99.4 cm³/mol. The van der Waals surface area contributed by atoms with Crippen LogP contribution in [0.25, 0.3) is 17.0 Å². The first-order valence-corrected chi connectivity index (χ1v) is 8.77. The summed E-state index contributed by atoms with van der Waals surface area (Å²) < 4.78 is 0. The Morgan fingerprint density at radius 1 is 1.41 bits per heavy atom. The maximum absolute atomic E-state index is 11.4. The van der Waals surface area contributed by atoms with Gasteiger partial charge in [-0.1, -0.05) is 36.5 Å². The Balaban J connectivity index is 2.09. The van der Waals surface area contributed by atoms with Gasteiger partial charge in [-0.15, -0.1) is 18.3 Å². The van der Waals surface area contributed by atoms with Crippen LogP contribution in [-0.2, 0) is 0 Å². The number of thiocarbonyl (C=S) groups is 1. The van der Waals surface area contributed by atoms with Gasteiger partial charge in [0.2, 0.25) is 0 Å². The largest absolute Gasteiger partial charge is 0.307 e. The summed E-state index contributed by atoms with van der Waals surface area (Å²) in [6.45, 7) is 3.75. The number of fused-ring (bicyclic) bond motifs is 1. The Morgan fingerprint density at radius 3 is 2.95 bits per heavy atom. The van der Waals surface area contributed by atoms with Crippen LogP contribution in [0.2, 0.25) is 0 Å². The third-order valence-electron chi connectivity index (χ3n) is 2.98. The minimum absolute atomic E-state index is 0.134. The van der Waals surface area contributed by atoms with Crippen molar-refractivity contribution < 1.29 is 4.79 Å². The van der Waals surface area contributed by atoms with Crippen molar-refractivity contribution in [3.8, 4) is 0 Å². The Bertz CT molecular complexity index is 814. The number of para-hydroxylation sites is 1. The molecule has 1 aliphatic heterocycles. The molecule has 0 saturated carbocycles. The van der Waals surface area contributed by atoms with E-state index >= 15 is 0 Å². The van der Waals surface area contributed by atoms with Crippen LogP contribution in [0.5, 0.6) is 0 Å². The average Bonchev–Trinajstić information content (AvgIpc) is 2.82. The molecular weight excluding hydrogens is 332 g/mol. The summed E-state index contributed by atoms with van der Waals surface area (Å²) in [7, 11) is 0. The SMILES string of the molecule is C=CCSc1nc2ccccc2cc1/C=C1/SC(=O)NC1=S. The first kappa shape index (κ1) is 15.3. The molecule has 1 fully saturated rings. The van der Waals surface area contributed by atoms with E-state index in [-0.39, 0.29) is 5.24 Å². The summed E-state index contributed by atoms with van der Waals surface area (Å²) in [5.41, 5.74) is 1.92. The number of nitrogens with one attached hydrogen (secondary N) is 1. The second kappa shape index (κ2) is 6.64. The van der Waals surface area contributed by atoms with E-state index in [1.165, 1.54) is 0 Å². The van der Waals surface area contributed by atoms with Crippen molar-refractivity contribution in [2.45, 2.75) is 5.03 Å². The summed E-state index contributed by atoms with van der Waals surface area (Å²) in [4.78, 5) is 17.4. The van der Waals surface area contributed by atoms with Gasteiger partial charge in [-0.05, 0) is 30.0 Å². The van der Waals surface area contributed by atoms with Crippen LogP contribution in [-0.4, -0.2) is 21.0 Å². The van der Waals surface area contributed by atoms with Gasteiger partial charge < -0.3 is 5.32 Å². The maximum Gasteiger partial charge on any atom is 0.289 e. The van der Waals surface area contributed by atoms with Gasteiger partial charge in [0.05, 0.1) is 10.4 Å². The quantitative estimate of drug-likeness (QED) is 0.379. The molecule has 1 aliphatic rings. The molecule has 0 spiro atoms. The highest BCUT2D eigenvalue weighted by Crippen LogP contribution is 2.31. The fraction of sp³-hybridized carbons (Fsp3) is 0.0625. The standard InChI is InChI=1S/C16H12N2OS3/c1-2-7-21-15-11(9-13-14(20)18-16(19)22-13)8-10-5-3-4-6-12(10)17-15/h2-6,8-9H,1,7H2,(H,18,19,20)/b13-9+. The molecule has 0 unspecified atom stereocenters. The summed E-state index contributed by atoms with van der Waals surface area (Å²) in [6, 6.07) is 10.0. The van der Waals surface area contributed by atoms with Crippen LogP contribution in [0.4, 0.5) is 4.79 Å². The van der Waals surface area contributed by atoms with Gasteiger partial charge in [0.1, 0.15) is 10.0 Å². The number of carbonyl (C=O) groups is 1. The van der Waals surface area contributed by atoms with Gasteiger partial charge in [-0.3, -0.25) is 4.79 Å².